The van der Waals surface area contributed by atoms with Gasteiger partial charge in [0.05, 0.1) is 6.10 Å². The minimum Gasteiger partial charge on any atom is -0.387 e. The largest absolute Gasteiger partial charge is 0.387 e. The molecule has 0 spiro atoms. The Balaban J connectivity index is 1.27. The van der Waals surface area contributed by atoms with E-state index >= 15 is 0 Å². The molecular weight excluding hydrogens is 388 g/mol. The number of carbonyl (C=O) groups is 1. The average molecular weight is 419 g/mol. The number of nitrogens with zero attached hydrogens (tertiary/aromatic N) is 2. The molecular formula is C25H30N4O2. The van der Waals surface area contributed by atoms with Crippen molar-refractivity contribution in [2.45, 2.75) is 38.3 Å². The van der Waals surface area contributed by atoms with Crippen LogP contribution in [-0.4, -0.2) is 35.8 Å². The summed E-state index contributed by atoms with van der Waals surface area (Å²) in [5, 5.41) is 18.3. The molecule has 31 heavy (non-hydrogen) atoms. The van der Waals surface area contributed by atoms with Gasteiger partial charge in [-0.05, 0) is 52.9 Å². The molecule has 0 aliphatic carbocycles. The first kappa shape index (κ1) is 21.1. The highest BCUT2D eigenvalue weighted by molar-refractivity contribution is 5.83. The van der Waals surface area contributed by atoms with Crippen molar-refractivity contribution >= 4 is 22.6 Å². The molecule has 6 nitrogen and oxygen atoms in total. The van der Waals surface area contributed by atoms with E-state index in [1.54, 1.807) is 6.20 Å². The number of pyridine rings is 1. The SMILES string of the molecule is O=C(NCc1ccnc(N2CCCCCC2)c1)NCC(O)c1ccc2ccccc2c1. The van der Waals surface area contributed by atoms with E-state index in [-0.39, 0.29) is 12.6 Å². The van der Waals surface area contributed by atoms with Crippen molar-refractivity contribution in [1.82, 2.24) is 15.6 Å². The fourth-order valence-electron chi connectivity index (χ4n) is 4.01. The van der Waals surface area contributed by atoms with Gasteiger partial charge < -0.3 is 20.6 Å². The highest BCUT2D eigenvalue weighted by Gasteiger charge is 2.13. The number of carbonyl (C=O) groups excluding carboxylic acids is 1. The predicted octanol–water partition coefficient (Wildman–Crippen LogP) is 4.15. The van der Waals surface area contributed by atoms with Gasteiger partial charge in [0, 0.05) is 32.4 Å². The lowest BCUT2D eigenvalue weighted by molar-refractivity contribution is 0.173. The molecule has 0 bridgehead atoms. The van der Waals surface area contributed by atoms with Crippen molar-refractivity contribution in [1.29, 1.82) is 0 Å². The average Bonchev–Trinajstić information content (AvgIpc) is 3.11. The molecule has 0 radical (unpaired) electrons. The lowest BCUT2D eigenvalue weighted by Crippen LogP contribution is -2.37. The van der Waals surface area contributed by atoms with Crippen molar-refractivity contribution in [2.75, 3.05) is 24.5 Å². The third-order valence-corrected chi connectivity index (χ3v) is 5.81. The Kier molecular flexibility index (Phi) is 6.99. The second-order valence-electron chi connectivity index (χ2n) is 8.11. The maximum Gasteiger partial charge on any atom is 0.315 e. The molecule has 1 atom stereocenters. The molecule has 1 aliphatic rings. The summed E-state index contributed by atoms with van der Waals surface area (Å²) in [7, 11) is 0. The smallest absolute Gasteiger partial charge is 0.315 e. The Morgan fingerprint density at radius 2 is 1.74 bits per heavy atom. The van der Waals surface area contributed by atoms with E-state index in [0.29, 0.717) is 6.54 Å². The minimum atomic E-state index is -0.758. The monoisotopic (exact) mass is 418 g/mol. The Morgan fingerprint density at radius 3 is 2.55 bits per heavy atom. The first-order valence-corrected chi connectivity index (χ1v) is 11.1. The Bertz CT molecular complexity index is 1020. The van der Waals surface area contributed by atoms with E-state index in [4.69, 9.17) is 0 Å². The molecule has 2 aromatic carbocycles. The number of hydrogen-bond donors (Lipinski definition) is 3. The van der Waals surface area contributed by atoms with E-state index in [2.05, 4.69) is 26.6 Å². The van der Waals surface area contributed by atoms with Crippen molar-refractivity contribution in [2.24, 2.45) is 0 Å². The number of urea groups is 1. The molecule has 2 heterocycles. The van der Waals surface area contributed by atoms with Crippen molar-refractivity contribution < 1.29 is 9.90 Å². The third kappa shape index (κ3) is 5.73. The molecule has 6 heteroatoms. The van der Waals surface area contributed by atoms with Gasteiger partial charge in [-0.2, -0.15) is 0 Å². The predicted molar refractivity (Wildman–Crippen MR) is 124 cm³/mol. The van der Waals surface area contributed by atoms with Crippen LogP contribution in [0.5, 0.6) is 0 Å². The highest BCUT2D eigenvalue weighted by atomic mass is 16.3. The third-order valence-electron chi connectivity index (χ3n) is 5.81. The molecule has 3 aromatic rings. The van der Waals surface area contributed by atoms with Crippen LogP contribution < -0.4 is 15.5 Å². The van der Waals surface area contributed by atoms with Crippen LogP contribution in [0.15, 0.2) is 60.8 Å². The zero-order chi connectivity index (χ0) is 21.5. The van der Waals surface area contributed by atoms with Crippen molar-refractivity contribution in [3.05, 3.63) is 71.9 Å². The quantitative estimate of drug-likeness (QED) is 0.562. The minimum absolute atomic E-state index is 0.152. The molecule has 1 aliphatic heterocycles. The number of aliphatic hydroxyl groups is 1. The number of aliphatic hydroxyl groups excluding tert-OH is 1. The molecule has 162 valence electrons. The maximum atomic E-state index is 12.2. The summed E-state index contributed by atoms with van der Waals surface area (Å²) in [5.41, 5.74) is 1.80. The zero-order valence-corrected chi connectivity index (χ0v) is 17.8. The highest BCUT2D eigenvalue weighted by Crippen LogP contribution is 2.20. The number of nitrogens with one attached hydrogen (secondary N) is 2. The molecule has 1 saturated heterocycles. The van der Waals surface area contributed by atoms with Gasteiger partial charge in [-0.3, -0.25) is 0 Å². The van der Waals surface area contributed by atoms with Gasteiger partial charge in [-0.1, -0.05) is 49.2 Å². The molecule has 0 saturated carbocycles. The summed E-state index contributed by atoms with van der Waals surface area (Å²) in [4.78, 5) is 19.1. The number of aromatic nitrogens is 1. The normalized spacial score (nSPS) is 15.3. The second kappa shape index (κ2) is 10.3. The lowest BCUT2D eigenvalue weighted by atomic mass is 10.0. The van der Waals surface area contributed by atoms with E-state index < -0.39 is 6.10 Å². The topological polar surface area (TPSA) is 77.5 Å². The van der Waals surface area contributed by atoms with Crippen LogP contribution in [0.4, 0.5) is 10.6 Å². The Hall–Kier alpha value is -3.12. The van der Waals surface area contributed by atoms with E-state index in [1.807, 2.05) is 48.5 Å². The fraction of sp³-hybridized carbons (Fsp3) is 0.360. The number of rotatable bonds is 6. The maximum absolute atomic E-state index is 12.2. The zero-order valence-electron chi connectivity index (χ0n) is 17.8. The number of amides is 2. The summed E-state index contributed by atoms with van der Waals surface area (Å²) in [5.74, 6) is 0.980. The number of anilines is 1. The summed E-state index contributed by atoms with van der Waals surface area (Å²) in [6, 6.07) is 17.5. The van der Waals surface area contributed by atoms with Gasteiger partial charge in [0.15, 0.2) is 0 Å². The van der Waals surface area contributed by atoms with Crippen LogP contribution in [0.1, 0.15) is 42.9 Å². The molecule has 1 unspecified atom stereocenters. The summed E-state index contributed by atoms with van der Waals surface area (Å²) in [6.07, 6.45) is 6.01. The molecule has 1 fully saturated rings. The van der Waals surface area contributed by atoms with Gasteiger partial charge in [0.25, 0.3) is 0 Å². The molecule has 3 N–H and O–H groups in total. The summed E-state index contributed by atoms with van der Waals surface area (Å²) >= 11 is 0. The molecule has 4 rings (SSSR count). The van der Waals surface area contributed by atoms with Crippen LogP contribution in [0, 0.1) is 0 Å². The number of benzene rings is 2. The number of fused-ring (bicyclic) bond motifs is 1. The van der Waals surface area contributed by atoms with E-state index in [9.17, 15) is 9.90 Å². The van der Waals surface area contributed by atoms with Crippen molar-refractivity contribution in [3.63, 3.8) is 0 Å². The summed E-state index contributed by atoms with van der Waals surface area (Å²) < 4.78 is 0. The van der Waals surface area contributed by atoms with Gasteiger partial charge >= 0.3 is 6.03 Å². The van der Waals surface area contributed by atoms with Crippen molar-refractivity contribution in [3.8, 4) is 0 Å². The van der Waals surface area contributed by atoms with Gasteiger partial charge in [0.2, 0.25) is 0 Å². The Labute approximate surface area is 183 Å². The van der Waals surface area contributed by atoms with Crippen LogP contribution in [-0.2, 0) is 6.54 Å². The van der Waals surface area contributed by atoms with Crippen LogP contribution in [0.25, 0.3) is 10.8 Å². The van der Waals surface area contributed by atoms with E-state index in [1.165, 1.54) is 25.7 Å². The number of hydrogen-bond acceptors (Lipinski definition) is 4. The van der Waals surface area contributed by atoms with Gasteiger partial charge in [-0.15, -0.1) is 0 Å². The summed E-state index contributed by atoms with van der Waals surface area (Å²) in [6.45, 7) is 2.65. The second-order valence-corrected chi connectivity index (χ2v) is 8.11. The van der Waals surface area contributed by atoms with Crippen LogP contribution >= 0.6 is 0 Å². The van der Waals surface area contributed by atoms with Gasteiger partial charge in [-0.25, -0.2) is 9.78 Å². The van der Waals surface area contributed by atoms with Crippen LogP contribution in [0.2, 0.25) is 0 Å². The Morgan fingerprint density at radius 1 is 0.968 bits per heavy atom. The first-order valence-electron chi connectivity index (χ1n) is 11.1. The molecule has 1 aromatic heterocycles. The lowest BCUT2D eigenvalue weighted by Gasteiger charge is -2.21. The van der Waals surface area contributed by atoms with Crippen LogP contribution in [0.3, 0.4) is 0 Å². The fourth-order valence-corrected chi connectivity index (χ4v) is 4.01. The van der Waals surface area contributed by atoms with E-state index in [0.717, 1.165) is 40.8 Å². The standard InChI is InChI=1S/C25H30N4O2/c30-23(22-10-9-20-7-3-4-8-21(20)16-22)18-28-25(31)27-17-19-11-12-26-24(15-19)29-13-5-1-2-6-14-29/h3-4,7-12,15-16,23,30H,1-2,5-6,13-14,17-18H2,(H2,27,28,31). The van der Waals surface area contributed by atoms with Gasteiger partial charge in [0.1, 0.15) is 5.82 Å². The molecule has 2 amide bonds. The first-order chi connectivity index (χ1) is 15.2.